The molecule has 0 saturated heterocycles. The molecule has 0 saturated carbocycles. The number of nitrogens with one attached hydrogen (secondary N) is 1. The van der Waals surface area contributed by atoms with Gasteiger partial charge in [-0.15, -0.1) is 11.3 Å². The predicted octanol–water partition coefficient (Wildman–Crippen LogP) is 8.26. The Bertz CT molecular complexity index is 1800. The number of aryl methyl sites for hydroxylation is 1. The van der Waals surface area contributed by atoms with Gasteiger partial charge in [0.2, 0.25) is 0 Å². The van der Waals surface area contributed by atoms with E-state index in [1.807, 2.05) is 11.3 Å². The lowest BCUT2D eigenvalue weighted by molar-refractivity contribution is 0.604. The minimum atomic E-state index is 0.319. The summed E-state index contributed by atoms with van der Waals surface area (Å²) in [6, 6.07) is 22.6. The fourth-order valence-corrected chi connectivity index (χ4v) is 7.31. The quantitative estimate of drug-likeness (QED) is 0.265. The number of allylic oxidation sites excluding steroid dienone is 2. The third-order valence-corrected chi connectivity index (χ3v) is 8.77. The first kappa shape index (κ1) is 17.9. The molecule has 0 amide bonds. The highest BCUT2D eigenvalue weighted by atomic mass is 32.1. The molecule has 2 aliphatic rings. The Morgan fingerprint density at radius 2 is 1.70 bits per heavy atom. The topological polar surface area (TPSA) is 20.7 Å². The second-order valence-corrected chi connectivity index (χ2v) is 10.4. The molecule has 3 heterocycles. The highest BCUT2D eigenvalue weighted by Crippen LogP contribution is 2.42. The summed E-state index contributed by atoms with van der Waals surface area (Å²) in [5.41, 5.74) is 8.27. The fraction of sp³-hybridized carbons (Fsp3) is 0.133. The summed E-state index contributed by atoms with van der Waals surface area (Å²) in [7, 11) is 0. The third kappa shape index (κ3) is 2.38. The second kappa shape index (κ2) is 6.49. The third-order valence-electron chi connectivity index (χ3n) is 7.56. The van der Waals surface area contributed by atoms with E-state index in [0.29, 0.717) is 6.04 Å². The van der Waals surface area contributed by atoms with Crippen LogP contribution in [0.25, 0.3) is 54.1 Å². The van der Waals surface area contributed by atoms with Gasteiger partial charge in [0.1, 0.15) is 0 Å². The van der Waals surface area contributed by atoms with Crippen LogP contribution < -0.4 is 0 Å². The number of hydrogen-bond acceptors (Lipinski definition) is 1. The van der Waals surface area contributed by atoms with Crippen LogP contribution in [-0.2, 0) is 12.8 Å². The van der Waals surface area contributed by atoms with E-state index in [-0.39, 0.29) is 0 Å². The maximum atomic E-state index is 3.87. The Kier molecular flexibility index (Phi) is 3.53. The molecule has 1 unspecified atom stereocenters. The van der Waals surface area contributed by atoms with E-state index >= 15 is 0 Å². The summed E-state index contributed by atoms with van der Waals surface area (Å²) in [5, 5.41) is 5.48. The maximum Gasteiger partial charge on any atom is 0.0644 e. The summed E-state index contributed by atoms with van der Waals surface area (Å²) >= 11 is 1.90. The van der Waals surface area contributed by atoms with E-state index in [1.165, 1.54) is 64.5 Å². The van der Waals surface area contributed by atoms with Gasteiger partial charge in [-0.3, -0.25) is 0 Å². The molecule has 3 aromatic carbocycles. The summed E-state index contributed by atoms with van der Waals surface area (Å²) in [4.78, 5) is 3.87. The van der Waals surface area contributed by atoms with Crippen molar-refractivity contribution in [3.05, 3.63) is 95.3 Å². The number of aromatic nitrogens is 2. The van der Waals surface area contributed by atoms with Crippen molar-refractivity contribution in [2.75, 3.05) is 0 Å². The molecular formula is C30H22N2S. The molecule has 1 N–H and O–H groups in total. The molecule has 0 fully saturated rings. The average Bonchev–Trinajstić information content (AvgIpc) is 3.53. The van der Waals surface area contributed by atoms with Crippen molar-refractivity contribution in [3.63, 3.8) is 0 Å². The first-order valence-corrected chi connectivity index (χ1v) is 12.6. The lowest BCUT2D eigenvalue weighted by Gasteiger charge is -2.23. The van der Waals surface area contributed by atoms with Crippen LogP contribution in [0, 0.1) is 0 Å². The van der Waals surface area contributed by atoms with Gasteiger partial charge < -0.3 is 9.55 Å². The van der Waals surface area contributed by atoms with Crippen LogP contribution in [0.2, 0.25) is 0 Å². The number of fused-ring (bicyclic) bond motifs is 10. The van der Waals surface area contributed by atoms with Crippen LogP contribution in [0.3, 0.4) is 0 Å². The number of rotatable bonds is 1. The van der Waals surface area contributed by atoms with Gasteiger partial charge in [-0.2, -0.15) is 0 Å². The first-order chi connectivity index (χ1) is 16.4. The minimum absolute atomic E-state index is 0.319. The molecule has 8 rings (SSSR count). The molecule has 2 nitrogen and oxygen atoms in total. The van der Waals surface area contributed by atoms with Gasteiger partial charge in [-0.05, 0) is 36.6 Å². The molecule has 1 atom stereocenters. The van der Waals surface area contributed by atoms with Crippen LogP contribution in [-0.4, -0.2) is 9.55 Å². The maximum absolute atomic E-state index is 3.87. The SMILES string of the molecule is C1=Cc2c(c3ccccc3n2C2C=Cc3c([nH]c4c3ccc3c5ccccc5sc34)C2)CC1. The zero-order valence-corrected chi connectivity index (χ0v) is 19.0. The van der Waals surface area contributed by atoms with E-state index < -0.39 is 0 Å². The minimum Gasteiger partial charge on any atom is -0.357 e. The van der Waals surface area contributed by atoms with Crippen LogP contribution in [0.4, 0.5) is 0 Å². The number of thiophene rings is 1. The Morgan fingerprint density at radius 3 is 2.67 bits per heavy atom. The summed E-state index contributed by atoms with van der Waals surface area (Å²) < 4.78 is 5.30. The average molecular weight is 443 g/mol. The normalized spacial score (nSPS) is 17.4. The largest absolute Gasteiger partial charge is 0.357 e. The Hall–Kier alpha value is -3.56. The summed E-state index contributed by atoms with van der Waals surface area (Å²) in [6.07, 6.45) is 12.7. The molecule has 0 spiro atoms. The molecule has 158 valence electrons. The van der Waals surface area contributed by atoms with Crippen LogP contribution in [0.1, 0.15) is 35.0 Å². The monoisotopic (exact) mass is 442 g/mol. The molecule has 33 heavy (non-hydrogen) atoms. The summed E-state index contributed by atoms with van der Waals surface area (Å²) in [5.74, 6) is 0. The van der Waals surface area contributed by atoms with E-state index in [0.717, 1.165) is 19.3 Å². The molecule has 0 radical (unpaired) electrons. The number of benzene rings is 3. The Morgan fingerprint density at radius 1 is 0.848 bits per heavy atom. The predicted molar refractivity (Wildman–Crippen MR) is 142 cm³/mol. The smallest absolute Gasteiger partial charge is 0.0644 e. The van der Waals surface area contributed by atoms with Crippen LogP contribution in [0.5, 0.6) is 0 Å². The van der Waals surface area contributed by atoms with Crippen molar-refractivity contribution in [1.82, 2.24) is 9.55 Å². The van der Waals surface area contributed by atoms with Crippen molar-refractivity contribution in [2.45, 2.75) is 25.3 Å². The van der Waals surface area contributed by atoms with Gasteiger partial charge >= 0.3 is 0 Å². The van der Waals surface area contributed by atoms with Crippen molar-refractivity contribution < 1.29 is 0 Å². The van der Waals surface area contributed by atoms with Gasteiger partial charge in [0.05, 0.1) is 16.3 Å². The van der Waals surface area contributed by atoms with Gasteiger partial charge in [-0.25, -0.2) is 0 Å². The number of nitrogens with zero attached hydrogens (tertiary/aromatic N) is 1. The number of hydrogen-bond donors (Lipinski definition) is 1. The Balaban J connectivity index is 1.32. The number of H-pyrrole nitrogens is 1. The zero-order chi connectivity index (χ0) is 21.5. The standard InChI is InChI=1S/C30H22N2S/c1-4-10-26-20(7-1)21-8-2-5-11-27(21)32(26)18-13-14-19-23-15-16-24-22-9-3-6-12-28(22)33-30(24)29(23)31-25(19)17-18/h1,3-7,9-16,18,31H,2,8,17H2. The van der Waals surface area contributed by atoms with Gasteiger partial charge in [-0.1, -0.05) is 66.8 Å². The highest BCUT2D eigenvalue weighted by molar-refractivity contribution is 7.26. The van der Waals surface area contributed by atoms with Crippen LogP contribution >= 0.6 is 11.3 Å². The first-order valence-electron chi connectivity index (χ1n) is 11.8. The summed E-state index contributed by atoms with van der Waals surface area (Å²) in [6.45, 7) is 0. The van der Waals surface area contributed by atoms with E-state index in [1.54, 1.807) is 0 Å². The lowest BCUT2D eigenvalue weighted by atomic mass is 9.97. The zero-order valence-electron chi connectivity index (χ0n) is 18.1. The van der Waals surface area contributed by atoms with Crippen molar-refractivity contribution in [2.24, 2.45) is 0 Å². The Labute approximate surface area is 195 Å². The number of aromatic amines is 1. The van der Waals surface area contributed by atoms with E-state index in [2.05, 4.69) is 94.5 Å². The molecule has 3 aromatic heterocycles. The molecular weight excluding hydrogens is 420 g/mol. The van der Waals surface area contributed by atoms with E-state index in [4.69, 9.17) is 0 Å². The van der Waals surface area contributed by atoms with E-state index in [9.17, 15) is 0 Å². The van der Waals surface area contributed by atoms with Crippen molar-refractivity contribution in [3.8, 4) is 0 Å². The highest BCUT2D eigenvalue weighted by Gasteiger charge is 2.25. The molecule has 0 bridgehead atoms. The van der Waals surface area contributed by atoms with Crippen LogP contribution in [0.15, 0.2) is 72.8 Å². The number of para-hydroxylation sites is 1. The van der Waals surface area contributed by atoms with Crippen molar-refractivity contribution in [1.29, 1.82) is 0 Å². The molecule has 0 aliphatic heterocycles. The van der Waals surface area contributed by atoms with Crippen molar-refractivity contribution >= 4 is 65.5 Å². The molecule has 6 aromatic rings. The fourth-order valence-electron chi connectivity index (χ4n) is 6.11. The molecule has 2 aliphatic carbocycles. The van der Waals surface area contributed by atoms with Gasteiger partial charge in [0.25, 0.3) is 0 Å². The van der Waals surface area contributed by atoms with Gasteiger partial charge in [0, 0.05) is 55.1 Å². The molecule has 3 heteroatoms. The second-order valence-electron chi connectivity index (χ2n) is 9.30. The van der Waals surface area contributed by atoms with Gasteiger partial charge in [0.15, 0.2) is 0 Å². The lowest BCUT2D eigenvalue weighted by Crippen LogP contribution is -2.15.